The van der Waals surface area contributed by atoms with Gasteiger partial charge in [-0.3, -0.25) is 11.3 Å². The molecule has 1 rings (SSSR count). The van der Waals surface area contributed by atoms with Gasteiger partial charge in [0, 0.05) is 12.7 Å². The van der Waals surface area contributed by atoms with E-state index in [1.165, 1.54) is 0 Å². The second-order valence-corrected chi connectivity index (χ2v) is 4.39. The molecule has 0 heterocycles. The van der Waals surface area contributed by atoms with Gasteiger partial charge in [0.05, 0.1) is 18.8 Å². The van der Waals surface area contributed by atoms with Crippen molar-refractivity contribution in [2.24, 2.45) is 5.84 Å². The van der Waals surface area contributed by atoms with Crippen LogP contribution in [-0.2, 0) is 4.74 Å². The van der Waals surface area contributed by atoms with Crippen LogP contribution >= 0.6 is 0 Å². The summed E-state index contributed by atoms with van der Waals surface area (Å²) >= 11 is 0. The van der Waals surface area contributed by atoms with Gasteiger partial charge in [-0.2, -0.15) is 0 Å². The fourth-order valence-electron chi connectivity index (χ4n) is 1.82. The number of nitrogens with two attached hydrogens (primary N) is 1. The maximum absolute atomic E-state index is 5.75. The van der Waals surface area contributed by atoms with E-state index in [0.29, 0.717) is 6.61 Å². The second-order valence-electron chi connectivity index (χ2n) is 4.39. The lowest BCUT2D eigenvalue weighted by Gasteiger charge is -2.22. The van der Waals surface area contributed by atoms with Gasteiger partial charge in [-0.15, -0.1) is 0 Å². The summed E-state index contributed by atoms with van der Waals surface area (Å²) < 4.78 is 11.0. The Morgan fingerprint density at radius 2 is 2.06 bits per heavy atom. The molecule has 1 aromatic carbocycles. The Kier molecular flexibility index (Phi) is 6.72. The molecule has 2 atom stereocenters. The molecule has 1 aromatic rings. The zero-order valence-electron chi connectivity index (χ0n) is 11.5. The van der Waals surface area contributed by atoms with E-state index in [1.807, 2.05) is 31.2 Å². The molecule has 0 radical (unpaired) electrons. The van der Waals surface area contributed by atoms with Gasteiger partial charge in [-0.05, 0) is 25.8 Å². The van der Waals surface area contributed by atoms with Gasteiger partial charge in [-0.1, -0.05) is 25.1 Å². The van der Waals surface area contributed by atoms with Gasteiger partial charge in [0.2, 0.25) is 0 Å². The largest absolute Gasteiger partial charge is 0.493 e. The molecular weight excluding hydrogens is 228 g/mol. The average Bonchev–Trinajstić information content (AvgIpc) is 2.42. The van der Waals surface area contributed by atoms with Crippen LogP contribution in [0.15, 0.2) is 24.3 Å². The quantitative estimate of drug-likeness (QED) is 0.551. The highest BCUT2D eigenvalue weighted by Crippen LogP contribution is 2.28. The SMILES string of the molecule is CCCOc1ccccc1C(CC(C)OC)NN. The van der Waals surface area contributed by atoms with Crippen LogP contribution in [0.5, 0.6) is 5.75 Å². The number of hydrazine groups is 1. The lowest BCUT2D eigenvalue weighted by molar-refractivity contribution is 0.0999. The minimum atomic E-state index is 0.0352. The fraction of sp³-hybridized carbons (Fsp3) is 0.571. The minimum Gasteiger partial charge on any atom is -0.493 e. The first-order valence-electron chi connectivity index (χ1n) is 6.43. The van der Waals surface area contributed by atoms with Crippen molar-refractivity contribution in [3.05, 3.63) is 29.8 Å². The zero-order valence-corrected chi connectivity index (χ0v) is 11.5. The molecule has 4 nitrogen and oxygen atoms in total. The number of methoxy groups -OCH3 is 1. The number of benzene rings is 1. The number of para-hydroxylation sites is 1. The maximum atomic E-state index is 5.75. The van der Waals surface area contributed by atoms with Crippen LogP contribution in [-0.4, -0.2) is 19.8 Å². The van der Waals surface area contributed by atoms with Crippen molar-refractivity contribution in [3.8, 4) is 5.75 Å². The third-order valence-corrected chi connectivity index (χ3v) is 2.93. The first kappa shape index (κ1) is 15.0. The van der Waals surface area contributed by atoms with Crippen LogP contribution in [0.25, 0.3) is 0 Å². The molecular formula is C14H24N2O2. The zero-order chi connectivity index (χ0) is 13.4. The van der Waals surface area contributed by atoms with Crippen molar-refractivity contribution in [3.63, 3.8) is 0 Å². The van der Waals surface area contributed by atoms with Crippen molar-refractivity contribution in [1.82, 2.24) is 5.43 Å². The molecule has 0 amide bonds. The molecule has 0 aliphatic rings. The van der Waals surface area contributed by atoms with Crippen molar-refractivity contribution in [1.29, 1.82) is 0 Å². The predicted octanol–water partition coefficient (Wildman–Crippen LogP) is 2.40. The van der Waals surface area contributed by atoms with Gasteiger partial charge in [0.25, 0.3) is 0 Å². The Morgan fingerprint density at radius 3 is 2.67 bits per heavy atom. The van der Waals surface area contributed by atoms with E-state index in [0.717, 1.165) is 24.2 Å². The summed E-state index contributed by atoms with van der Waals surface area (Å²) in [6.45, 7) is 4.84. The van der Waals surface area contributed by atoms with Crippen LogP contribution in [0, 0.1) is 0 Å². The summed E-state index contributed by atoms with van der Waals surface area (Å²) in [5, 5.41) is 0. The molecule has 2 unspecified atom stereocenters. The van der Waals surface area contributed by atoms with Crippen LogP contribution in [0.2, 0.25) is 0 Å². The molecule has 0 saturated heterocycles. The molecule has 0 aliphatic carbocycles. The van der Waals surface area contributed by atoms with Crippen molar-refractivity contribution in [2.75, 3.05) is 13.7 Å². The summed E-state index contributed by atoms with van der Waals surface area (Å²) in [6.07, 6.45) is 1.94. The van der Waals surface area contributed by atoms with Crippen LogP contribution in [0.3, 0.4) is 0 Å². The summed E-state index contributed by atoms with van der Waals surface area (Å²) in [6, 6.07) is 8.02. The normalized spacial score (nSPS) is 14.2. The molecule has 0 aromatic heterocycles. The molecule has 0 saturated carbocycles. The van der Waals surface area contributed by atoms with E-state index in [9.17, 15) is 0 Å². The maximum Gasteiger partial charge on any atom is 0.124 e. The topological polar surface area (TPSA) is 56.5 Å². The molecule has 4 heteroatoms. The molecule has 0 bridgehead atoms. The monoisotopic (exact) mass is 252 g/mol. The van der Waals surface area contributed by atoms with Crippen LogP contribution in [0.1, 0.15) is 38.3 Å². The third-order valence-electron chi connectivity index (χ3n) is 2.93. The summed E-state index contributed by atoms with van der Waals surface area (Å²) in [5.41, 5.74) is 3.92. The lowest BCUT2D eigenvalue weighted by Crippen LogP contribution is -2.31. The number of hydrogen-bond acceptors (Lipinski definition) is 4. The smallest absolute Gasteiger partial charge is 0.124 e. The number of rotatable bonds is 8. The Labute approximate surface area is 109 Å². The molecule has 102 valence electrons. The van der Waals surface area contributed by atoms with E-state index < -0.39 is 0 Å². The summed E-state index contributed by atoms with van der Waals surface area (Å²) in [7, 11) is 1.71. The van der Waals surface area contributed by atoms with E-state index in [1.54, 1.807) is 7.11 Å². The highest BCUT2D eigenvalue weighted by Gasteiger charge is 2.17. The summed E-state index contributed by atoms with van der Waals surface area (Å²) in [5.74, 6) is 6.54. The first-order valence-corrected chi connectivity index (χ1v) is 6.43. The highest BCUT2D eigenvalue weighted by molar-refractivity contribution is 5.36. The standard InChI is InChI=1S/C14H24N2O2/c1-4-9-18-14-8-6-5-7-12(14)13(16-15)10-11(2)17-3/h5-8,11,13,16H,4,9-10,15H2,1-3H3. The van der Waals surface area contributed by atoms with Crippen LogP contribution < -0.4 is 16.0 Å². The third kappa shape index (κ3) is 4.29. The molecule has 3 N–H and O–H groups in total. The molecule has 0 aliphatic heterocycles. The van der Waals surface area contributed by atoms with E-state index >= 15 is 0 Å². The number of hydrogen-bond donors (Lipinski definition) is 2. The van der Waals surface area contributed by atoms with Gasteiger partial charge in [0.15, 0.2) is 0 Å². The first-order chi connectivity index (χ1) is 8.72. The van der Waals surface area contributed by atoms with Gasteiger partial charge < -0.3 is 9.47 Å². The summed E-state index contributed by atoms with van der Waals surface area (Å²) in [4.78, 5) is 0. The van der Waals surface area contributed by atoms with Gasteiger partial charge in [-0.25, -0.2) is 0 Å². The Morgan fingerprint density at radius 1 is 1.33 bits per heavy atom. The van der Waals surface area contributed by atoms with E-state index in [-0.39, 0.29) is 12.1 Å². The fourth-order valence-corrected chi connectivity index (χ4v) is 1.82. The molecule has 18 heavy (non-hydrogen) atoms. The minimum absolute atomic E-state index is 0.0352. The van der Waals surface area contributed by atoms with Crippen LogP contribution in [0.4, 0.5) is 0 Å². The predicted molar refractivity (Wildman–Crippen MR) is 73.4 cm³/mol. The average molecular weight is 252 g/mol. The molecule has 0 spiro atoms. The van der Waals surface area contributed by atoms with Gasteiger partial charge >= 0.3 is 0 Å². The lowest BCUT2D eigenvalue weighted by atomic mass is 10.0. The van der Waals surface area contributed by atoms with E-state index in [4.69, 9.17) is 15.3 Å². The van der Waals surface area contributed by atoms with E-state index in [2.05, 4.69) is 12.3 Å². The Hall–Kier alpha value is -1.10. The second kappa shape index (κ2) is 8.08. The highest BCUT2D eigenvalue weighted by atomic mass is 16.5. The Balaban J connectivity index is 2.83. The van der Waals surface area contributed by atoms with Gasteiger partial charge in [0.1, 0.15) is 5.75 Å². The van der Waals surface area contributed by atoms with Crippen molar-refractivity contribution >= 4 is 0 Å². The van der Waals surface area contributed by atoms with Crippen molar-refractivity contribution < 1.29 is 9.47 Å². The van der Waals surface area contributed by atoms with Crippen molar-refractivity contribution in [2.45, 2.75) is 38.8 Å². The number of nitrogens with one attached hydrogen (secondary N) is 1. The Bertz CT molecular complexity index is 344. The number of ether oxygens (including phenoxy) is 2. The molecule has 0 fully saturated rings.